The van der Waals surface area contributed by atoms with Gasteiger partial charge in [-0.3, -0.25) is 9.59 Å². The van der Waals surface area contributed by atoms with Gasteiger partial charge in [-0.25, -0.2) is 0 Å². The summed E-state index contributed by atoms with van der Waals surface area (Å²) in [6.07, 6.45) is 2.06. The minimum atomic E-state index is -0.847. The van der Waals surface area contributed by atoms with E-state index in [0.717, 1.165) is 12.0 Å². The van der Waals surface area contributed by atoms with Crippen LogP contribution in [0.5, 0.6) is 0 Å². The van der Waals surface area contributed by atoms with E-state index >= 15 is 0 Å². The van der Waals surface area contributed by atoms with Gasteiger partial charge in [0.05, 0.1) is 0 Å². The Bertz CT molecular complexity index is 724. The molecule has 1 saturated carbocycles. The second kappa shape index (κ2) is 7.51. The van der Waals surface area contributed by atoms with Crippen LogP contribution in [0, 0.1) is 5.41 Å². The quantitative estimate of drug-likeness (QED) is 0.791. The maximum atomic E-state index is 12.8. The molecule has 2 aromatic carbocycles. The van der Waals surface area contributed by atoms with Gasteiger partial charge < -0.3 is 10.2 Å². The van der Waals surface area contributed by atoms with Gasteiger partial charge >= 0.3 is 0 Å². The van der Waals surface area contributed by atoms with Gasteiger partial charge in [0, 0.05) is 20.1 Å². The third-order valence-corrected chi connectivity index (χ3v) is 4.75. The van der Waals surface area contributed by atoms with Gasteiger partial charge in [0.25, 0.3) is 0 Å². The Morgan fingerprint density at radius 3 is 2.08 bits per heavy atom. The van der Waals surface area contributed by atoms with Crippen molar-refractivity contribution in [3.63, 3.8) is 0 Å². The molecule has 1 aliphatic rings. The Morgan fingerprint density at radius 1 is 0.960 bits per heavy atom. The Labute approximate surface area is 148 Å². The van der Waals surface area contributed by atoms with Crippen LogP contribution in [0.3, 0.4) is 0 Å². The summed E-state index contributed by atoms with van der Waals surface area (Å²) in [5, 5.41) is 2.95. The van der Waals surface area contributed by atoms with Crippen LogP contribution in [-0.2, 0) is 22.6 Å². The fraction of sp³-hybridized carbons (Fsp3) is 0.333. The summed E-state index contributed by atoms with van der Waals surface area (Å²) >= 11 is 0. The molecule has 0 unspecified atom stereocenters. The zero-order valence-electron chi connectivity index (χ0n) is 14.6. The predicted octanol–water partition coefficient (Wildman–Crippen LogP) is 2.78. The molecule has 0 atom stereocenters. The molecule has 0 aromatic heterocycles. The van der Waals surface area contributed by atoms with Crippen molar-refractivity contribution in [1.82, 2.24) is 10.2 Å². The van der Waals surface area contributed by atoms with E-state index in [0.29, 0.717) is 25.9 Å². The lowest BCUT2D eigenvalue weighted by atomic mass is 10.0. The van der Waals surface area contributed by atoms with Crippen molar-refractivity contribution in [3.05, 3.63) is 71.8 Å². The molecule has 0 radical (unpaired) electrons. The smallest absolute Gasteiger partial charge is 0.238 e. The number of amides is 2. The van der Waals surface area contributed by atoms with Crippen LogP contribution >= 0.6 is 0 Å². The van der Waals surface area contributed by atoms with E-state index in [4.69, 9.17) is 0 Å². The van der Waals surface area contributed by atoms with Crippen LogP contribution in [0.4, 0.5) is 0 Å². The SMILES string of the molecule is CN(Cc1ccccc1)C(=O)C1(C(=O)NCCc2ccccc2)CC1. The highest BCUT2D eigenvalue weighted by Gasteiger charge is 2.57. The molecule has 3 rings (SSSR count). The molecule has 0 bridgehead atoms. The molecule has 0 heterocycles. The van der Waals surface area contributed by atoms with Gasteiger partial charge in [0.15, 0.2) is 0 Å². The monoisotopic (exact) mass is 336 g/mol. The first-order valence-corrected chi connectivity index (χ1v) is 8.73. The van der Waals surface area contributed by atoms with Crippen LogP contribution in [0.2, 0.25) is 0 Å². The molecular weight excluding hydrogens is 312 g/mol. The van der Waals surface area contributed by atoms with E-state index in [9.17, 15) is 9.59 Å². The molecule has 130 valence electrons. The summed E-state index contributed by atoms with van der Waals surface area (Å²) in [6, 6.07) is 19.9. The number of hydrogen-bond donors (Lipinski definition) is 1. The second-order valence-electron chi connectivity index (χ2n) is 6.72. The van der Waals surface area contributed by atoms with Gasteiger partial charge in [-0.2, -0.15) is 0 Å². The average molecular weight is 336 g/mol. The summed E-state index contributed by atoms with van der Waals surface area (Å²) in [5.41, 5.74) is 1.40. The van der Waals surface area contributed by atoms with Crippen molar-refractivity contribution < 1.29 is 9.59 Å². The predicted molar refractivity (Wildman–Crippen MR) is 97.7 cm³/mol. The molecule has 1 aliphatic carbocycles. The number of nitrogens with zero attached hydrogens (tertiary/aromatic N) is 1. The minimum Gasteiger partial charge on any atom is -0.355 e. The maximum absolute atomic E-state index is 12.8. The van der Waals surface area contributed by atoms with Gasteiger partial charge in [0.1, 0.15) is 5.41 Å². The molecule has 25 heavy (non-hydrogen) atoms. The topological polar surface area (TPSA) is 49.4 Å². The number of hydrogen-bond acceptors (Lipinski definition) is 2. The number of nitrogens with one attached hydrogen (secondary N) is 1. The Morgan fingerprint density at radius 2 is 1.52 bits per heavy atom. The normalized spacial score (nSPS) is 14.6. The molecule has 2 aromatic rings. The van der Waals surface area contributed by atoms with Crippen molar-refractivity contribution in [2.75, 3.05) is 13.6 Å². The number of benzene rings is 2. The van der Waals surface area contributed by atoms with Gasteiger partial charge in [-0.1, -0.05) is 60.7 Å². The summed E-state index contributed by atoms with van der Waals surface area (Å²) in [7, 11) is 1.77. The van der Waals surface area contributed by atoms with E-state index in [1.54, 1.807) is 11.9 Å². The Hall–Kier alpha value is -2.62. The van der Waals surface area contributed by atoms with E-state index < -0.39 is 5.41 Å². The largest absolute Gasteiger partial charge is 0.355 e. The first-order valence-electron chi connectivity index (χ1n) is 8.73. The highest BCUT2D eigenvalue weighted by molar-refractivity contribution is 6.07. The van der Waals surface area contributed by atoms with Crippen LogP contribution in [-0.4, -0.2) is 30.3 Å². The maximum Gasteiger partial charge on any atom is 0.238 e. The minimum absolute atomic E-state index is 0.0754. The lowest BCUT2D eigenvalue weighted by molar-refractivity contribution is -0.143. The fourth-order valence-corrected chi connectivity index (χ4v) is 3.09. The molecular formula is C21H24N2O2. The third kappa shape index (κ3) is 4.08. The molecule has 1 N–H and O–H groups in total. The van der Waals surface area contributed by atoms with Gasteiger partial charge in [-0.15, -0.1) is 0 Å². The molecule has 0 saturated heterocycles. The number of rotatable bonds is 7. The molecule has 4 nitrogen and oxygen atoms in total. The molecule has 0 spiro atoms. The average Bonchev–Trinajstić information content (AvgIpc) is 3.45. The first-order chi connectivity index (χ1) is 12.1. The highest BCUT2D eigenvalue weighted by Crippen LogP contribution is 2.47. The van der Waals surface area contributed by atoms with Crippen LogP contribution < -0.4 is 5.32 Å². The van der Waals surface area contributed by atoms with Crippen LogP contribution in [0.15, 0.2) is 60.7 Å². The summed E-state index contributed by atoms with van der Waals surface area (Å²) in [4.78, 5) is 27.0. The van der Waals surface area contributed by atoms with Crippen LogP contribution in [0.25, 0.3) is 0 Å². The van der Waals surface area contributed by atoms with Gasteiger partial charge in [0.2, 0.25) is 11.8 Å². The van der Waals surface area contributed by atoms with Crippen LogP contribution in [0.1, 0.15) is 24.0 Å². The Balaban J connectivity index is 1.53. The zero-order chi connectivity index (χ0) is 17.7. The molecule has 0 aliphatic heterocycles. The van der Waals surface area contributed by atoms with Crippen molar-refractivity contribution in [2.24, 2.45) is 5.41 Å². The summed E-state index contributed by atoms with van der Waals surface area (Å²) in [6.45, 7) is 1.08. The van der Waals surface area contributed by atoms with Crippen molar-refractivity contribution in [1.29, 1.82) is 0 Å². The zero-order valence-corrected chi connectivity index (χ0v) is 14.6. The van der Waals surface area contributed by atoms with E-state index in [-0.39, 0.29) is 11.8 Å². The highest BCUT2D eigenvalue weighted by atomic mass is 16.2. The lowest BCUT2D eigenvalue weighted by Gasteiger charge is -2.23. The standard InChI is InChI=1S/C21H24N2O2/c1-23(16-18-10-6-3-7-11-18)20(25)21(13-14-21)19(24)22-15-12-17-8-4-2-5-9-17/h2-11H,12-16H2,1H3,(H,22,24). The van der Waals surface area contributed by atoms with Crippen molar-refractivity contribution in [2.45, 2.75) is 25.8 Å². The third-order valence-electron chi connectivity index (χ3n) is 4.75. The summed E-state index contributed by atoms with van der Waals surface area (Å²) in [5.74, 6) is -0.207. The molecule has 4 heteroatoms. The summed E-state index contributed by atoms with van der Waals surface area (Å²) < 4.78 is 0. The lowest BCUT2D eigenvalue weighted by Crippen LogP contribution is -2.44. The fourth-order valence-electron chi connectivity index (χ4n) is 3.09. The Kier molecular flexibility index (Phi) is 5.17. The van der Waals surface area contributed by atoms with E-state index in [1.165, 1.54) is 5.56 Å². The molecule has 2 amide bonds. The van der Waals surface area contributed by atoms with Crippen molar-refractivity contribution in [3.8, 4) is 0 Å². The number of carbonyl (C=O) groups is 2. The second-order valence-corrected chi connectivity index (χ2v) is 6.72. The molecule has 1 fully saturated rings. The van der Waals surface area contributed by atoms with Crippen molar-refractivity contribution >= 4 is 11.8 Å². The first kappa shape index (κ1) is 17.2. The number of carbonyl (C=O) groups excluding carboxylic acids is 2. The van der Waals surface area contributed by atoms with E-state index in [2.05, 4.69) is 5.32 Å². The van der Waals surface area contributed by atoms with Gasteiger partial charge in [-0.05, 0) is 30.4 Å². The van der Waals surface area contributed by atoms with E-state index in [1.807, 2.05) is 60.7 Å².